The number of hydrogen-bond acceptors (Lipinski definition) is 6. The minimum Gasteiger partial charge on any atom is -0.481 e. The summed E-state index contributed by atoms with van der Waals surface area (Å²) in [7, 11) is 1.48. The number of carbonyl (C=O) groups is 2. The summed E-state index contributed by atoms with van der Waals surface area (Å²) in [6.07, 6.45) is 2.22. The molecule has 0 unspecified atom stereocenters. The van der Waals surface area contributed by atoms with E-state index in [4.69, 9.17) is 14.2 Å². The molecule has 1 rings (SSSR count). The van der Waals surface area contributed by atoms with Crippen molar-refractivity contribution in [3.63, 3.8) is 0 Å². The lowest BCUT2D eigenvalue weighted by molar-refractivity contribution is -0.124. The Bertz CT molecular complexity index is 473. The smallest absolute Gasteiger partial charge is 0.340 e. The first-order valence-electron chi connectivity index (χ1n) is 7.08. The van der Waals surface area contributed by atoms with Crippen molar-refractivity contribution in [3.8, 4) is 5.88 Å². The predicted molar refractivity (Wildman–Crippen MR) is 79.8 cm³/mol. The highest BCUT2D eigenvalue weighted by Gasteiger charge is 2.10. The first kappa shape index (κ1) is 17.9. The van der Waals surface area contributed by atoms with E-state index in [-0.39, 0.29) is 24.2 Å². The number of esters is 1. The molecule has 0 aliphatic carbocycles. The number of pyridine rings is 1. The molecule has 0 radical (unpaired) electrons. The Balaban J connectivity index is 2.21. The quantitative estimate of drug-likeness (QED) is 0.544. The number of amides is 1. The van der Waals surface area contributed by atoms with Gasteiger partial charge in [0.05, 0.1) is 18.8 Å². The second-order valence-corrected chi connectivity index (χ2v) is 4.79. The van der Waals surface area contributed by atoms with Crippen LogP contribution in [0.3, 0.4) is 0 Å². The molecule has 0 saturated heterocycles. The van der Waals surface area contributed by atoms with Gasteiger partial charge in [0.25, 0.3) is 5.91 Å². The van der Waals surface area contributed by atoms with E-state index in [0.29, 0.717) is 25.5 Å². The second-order valence-electron chi connectivity index (χ2n) is 4.79. The zero-order valence-corrected chi connectivity index (χ0v) is 13.1. The van der Waals surface area contributed by atoms with Crippen LogP contribution in [-0.4, -0.2) is 49.8 Å². The maximum atomic E-state index is 11.7. The molecule has 0 bridgehead atoms. The fraction of sp³-hybridized carbons (Fsp3) is 0.533. The maximum Gasteiger partial charge on any atom is 0.340 e. The van der Waals surface area contributed by atoms with Gasteiger partial charge in [0.1, 0.15) is 0 Å². The highest BCUT2D eigenvalue weighted by atomic mass is 16.5. The Labute approximate surface area is 130 Å². The van der Waals surface area contributed by atoms with E-state index in [0.717, 1.165) is 0 Å². The molecule has 0 spiro atoms. The molecule has 1 aromatic heterocycles. The van der Waals surface area contributed by atoms with Gasteiger partial charge in [-0.2, -0.15) is 0 Å². The van der Waals surface area contributed by atoms with Crippen LogP contribution in [0.2, 0.25) is 0 Å². The molecule has 7 nitrogen and oxygen atoms in total. The van der Waals surface area contributed by atoms with Gasteiger partial charge in [0.15, 0.2) is 6.61 Å². The Morgan fingerprint density at radius 3 is 2.68 bits per heavy atom. The number of rotatable bonds is 9. The van der Waals surface area contributed by atoms with Crippen LogP contribution in [0.4, 0.5) is 0 Å². The van der Waals surface area contributed by atoms with Crippen molar-refractivity contribution in [2.45, 2.75) is 26.4 Å². The molecule has 1 amide bonds. The van der Waals surface area contributed by atoms with Gasteiger partial charge in [-0.1, -0.05) is 0 Å². The molecular weight excluding hydrogens is 288 g/mol. The van der Waals surface area contributed by atoms with Crippen LogP contribution in [0.25, 0.3) is 0 Å². The standard InChI is InChI=1S/C15H22N2O5/c1-11(2)21-8-4-7-16-13(18)10-22-15(19)12-5-6-14(20-3)17-9-12/h5-6,9,11H,4,7-8,10H2,1-3H3,(H,16,18). The Morgan fingerprint density at radius 1 is 1.32 bits per heavy atom. The molecule has 1 heterocycles. The number of methoxy groups -OCH3 is 1. The lowest BCUT2D eigenvalue weighted by Crippen LogP contribution is -2.30. The Hall–Kier alpha value is -2.15. The van der Waals surface area contributed by atoms with E-state index in [1.165, 1.54) is 19.4 Å². The van der Waals surface area contributed by atoms with E-state index in [2.05, 4.69) is 10.3 Å². The summed E-state index contributed by atoms with van der Waals surface area (Å²) >= 11 is 0. The normalized spacial score (nSPS) is 10.4. The number of ether oxygens (including phenoxy) is 3. The van der Waals surface area contributed by atoms with E-state index in [1.54, 1.807) is 6.07 Å². The van der Waals surface area contributed by atoms with Crippen LogP contribution in [0.5, 0.6) is 5.88 Å². The molecule has 122 valence electrons. The lowest BCUT2D eigenvalue weighted by atomic mass is 10.3. The van der Waals surface area contributed by atoms with Crippen molar-refractivity contribution in [1.82, 2.24) is 10.3 Å². The summed E-state index contributed by atoms with van der Waals surface area (Å²) in [5.41, 5.74) is 0.263. The highest BCUT2D eigenvalue weighted by Crippen LogP contribution is 2.07. The molecule has 0 aliphatic rings. The largest absolute Gasteiger partial charge is 0.481 e. The molecular formula is C15H22N2O5. The summed E-state index contributed by atoms with van der Waals surface area (Å²) in [4.78, 5) is 27.1. The van der Waals surface area contributed by atoms with Gasteiger partial charge >= 0.3 is 5.97 Å². The maximum absolute atomic E-state index is 11.7. The third-order valence-corrected chi connectivity index (χ3v) is 2.61. The summed E-state index contributed by atoms with van der Waals surface area (Å²) in [5, 5.41) is 2.65. The molecule has 1 aromatic rings. The van der Waals surface area contributed by atoms with E-state index < -0.39 is 5.97 Å². The molecule has 0 aromatic carbocycles. The minimum atomic E-state index is -0.603. The van der Waals surface area contributed by atoms with Crippen molar-refractivity contribution in [1.29, 1.82) is 0 Å². The van der Waals surface area contributed by atoms with Crippen molar-refractivity contribution in [2.24, 2.45) is 0 Å². The highest BCUT2D eigenvalue weighted by molar-refractivity contribution is 5.91. The Morgan fingerprint density at radius 2 is 2.09 bits per heavy atom. The summed E-state index contributed by atoms with van der Waals surface area (Å²) in [5.74, 6) is -0.550. The summed E-state index contributed by atoms with van der Waals surface area (Å²) in [6.45, 7) is 4.64. The molecule has 0 aliphatic heterocycles. The second kappa shape index (κ2) is 9.73. The number of aromatic nitrogens is 1. The predicted octanol–water partition coefficient (Wildman–Crippen LogP) is 1.18. The van der Waals surface area contributed by atoms with Gasteiger partial charge in [-0.05, 0) is 26.3 Å². The lowest BCUT2D eigenvalue weighted by Gasteiger charge is -2.08. The fourth-order valence-corrected chi connectivity index (χ4v) is 1.51. The number of nitrogens with one attached hydrogen (secondary N) is 1. The first-order chi connectivity index (χ1) is 10.5. The molecule has 1 N–H and O–H groups in total. The van der Waals surface area contributed by atoms with Gasteiger partial charge in [-0.15, -0.1) is 0 Å². The topological polar surface area (TPSA) is 86.8 Å². The molecule has 0 saturated carbocycles. The molecule has 22 heavy (non-hydrogen) atoms. The van der Waals surface area contributed by atoms with Gasteiger partial charge in [-0.25, -0.2) is 9.78 Å². The third kappa shape index (κ3) is 7.03. The van der Waals surface area contributed by atoms with Crippen molar-refractivity contribution in [2.75, 3.05) is 26.9 Å². The van der Waals surface area contributed by atoms with Gasteiger partial charge in [-0.3, -0.25) is 4.79 Å². The van der Waals surface area contributed by atoms with Crippen molar-refractivity contribution < 1.29 is 23.8 Å². The van der Waals surface area contributed by atoms with Crippen LogP contribution in [-0.2, 0) is 14.3 Å². The number of hydrogen-bond donors (Lipinski definition) is 1. The molecule has 7 heteroatoms. The average Bonchev–Trinajstić information content (AvgIpc) is 2.52. The van der Waals surface area contributed by atoms with Gasteiger partial charge in [0, 0.05) is 25.4 Å². The average molecular weight is 310 g/mol. The SMILES string of the molecule is COc1ccc(C(=O)OCC(=O)NCCCOC(C)C)cn1. The first-order valence-corrected chi connectivity index (χ1v) is 7.08. The number of carbonyl (C=O) groups excluding carboxylic acids is 2. The van der Waals surface area contributed by atoms with Gasteiger partial charge in [0.2, 0.25) is 5.88 Å². The third-order valence-electron chi connectivity index (χ3n) is 2.61. The monoisotopic (exact) mass is 310 g/mol. The van der Waals surface area contributed by atoms with E-state index in [1.807, 2.05) is 13.8 Å². The zero-order chi connectivity index (χ0) is 16.4. The summed E-state index contributed by atoms with van der Waals surface area (Å²) < 4.78 is 15.1. The van der Waals surface area contributed by atoms with E-state index >= 15 is 0 Å². The van der Waals surface area contributed by atoms with Crippen molar-refractivity contribution >= 4 is 11.9 Å². The van der Waals surface area contributed by atoms with Crippen LogP contribution in [0, 0.1) is 0 Å². The fourth-order valence-electron chi connectivity index (χ4n) is 1.51. The minimum absolute atomic E-state index is 0.176. The van der Waals surface area contributed by atoms with Crippen molar-refractivity contribution in [3.05, 3.63) is 23.9 Å². The summed E-state index contributed by atoms with van der Waals surface area (Å²) in [6, 6.07) is 3.07. The zero-order valence-electron chi connectivity index (χ0n) is 13.1. The van der Waals surface area contributed by atoms with E-state index in [9.17, 15) is 9.59 Å². The van der Waals surface area contributed by atoms with Crippen LogP contribution in [0.15, 0.2) is 18.3 Å². The Kier molecular flexibility index (Phi) is 7.91. The number of nitrogens with zero attached hydrogens (tertiary/aromatic N) is 1. The van der Waals surface area contributed by atoms with Crippen LogP contribution in [0.1, 0.15) is 30.6 Å². The van der Waals surface area contributed by atoms with Crippen LogP contribution >= 0.6 is 0 Å². The molecule has 0 atom stereocenters. The van der Waals surface area contributed by atoms with Crippen LogP contribution < -0.4 is 10.1 Å². The molecule has 0 fully saturated rings. The van der Waals surface area contributed by atoms with Gasteiger partial charge < -0.3 is 19.5 Å².